The minimum Gasteiger partial charge on any atom is -0.310 e. The first-order valence-corrected chi connectivity index (χ1v) is 20.2. The topological polar surface area (TPSA) is 46.8 Å². The van der Waals surface area contributed by atoms with Gasteiger partial charge in [0.2, 0.25) is 5.95 Å². The lowest BCUT2D eigenvalue weighted by Gasteiger charge is -2.26. The molecule has 5 nitrogen and oxygen atoms in total. The molecule has 0 unspecified atom stereocenters. The summed E-state index contributed by atoms with van der Waals surface area (Å²) in [5.41, 5.74) is 11.7. The molecule has 0 aliphatic rings. The second-order valence-electron chi connectivity index (χ2n) is 14.9. The Hall–Kier alpha value is -8.15. The average Bonchev–Trinajstić information content (AvgIpc) is 3.67. The monoisotopic (exact) mass is 767 g/mol. The van der Waals surface area contributed by atoms with Gasteiger partial charge in [0.05, 0.1) is 11.0 Å². The lowest BCUT2D eigenvalue weighted by Crippen LogP contribution is -2.10. The third-order valence-corrected chi connectivity index (χ3v) is 11.3. The van der Waals surface area contributed by atoms with Crippen molar-refractivity contribution < 1.29 is 0 Å². The third-order valence-electron chi connectivity index (χ3n) is 11.3. The van der Waals surface area contributed by atoms with Crippen molar-refractivity contribution in [3.63, 3.8) is 0 Å². The van der Waals surface area contributed by atoms with E-state index in [1.807, 2.05) is 36.4 Å². The van der Waals surface area contributed by atoms with Gasteiger partial charge in [-0.2, -0.15) is 9.97 Å². The van der Waals surface area contributed by atoms with Gasteiger partial charge in [-0.1, -0.05) is 182 Å². The zero-order valence-corrected chi connectivity index (χ0v) is 32.6. The van der Waals surface area contributed by atoms with Crippen LogP contribution in [0.15, 0.2) is 224 Å². The molecule has 282 valence electrons. The number of nitrogens with zero attached hydrogens (tertiary/aromatic N) is 5. The van der Waals surface area contributed by atoms with E-state index in [0.717, 1.165) is 50.0 Å². The van der Waals surface area contributed by atoms with Crippen molar-refractivity contribution >= 4 is 49.6 Å². The summed E-state index contributed by atoms with van der Waals surface area (Å²) < 4.78 is 2.22. The quantitative estimate of drug-likeness (QED) is 0.154. The zero-order valence-electron chi connectivity index (χ0n) is 32.6. The second-order valence-corrected chi connectivity index (χ2v) is 14.9. The predicted octanol–water partition coefficient (Wildman–Crippen LogP) is 14.3. The number of hydrogen-bond donors (Lipinski definition) is 0. The Bertz CT molecular complexity index is 3130. The molecular formula is C55H37N5. The Morgan fingerprint density at radius 3 is 1.30 bits per heavy atom. The Morgan fingerprint density at radius 2 is 0.767 bits per heavy atom. The number of hydrogen-bond acceptors (Lipinski definition) is 4. The van der Waals surface area contributed by atoms with E-state index in [-0.39, 0.29) is 0 Å². The molecule has 11 rings (SSSR count). The van der Waals surface area contributed by atoms with Crippen molar-refractivity contribution in [2.45, 2.75) is 0 Å². The van der Waals surface area contributed by atoms with Crippen molar-refractivity contribution in [1.82, 2.24) is 19.5 Å². The molecule has 0 radical (unpaired) electrons. The highest BCUT2D eigenvalue weighted by atomic mass is 15.2. The van der Waals surface area contributed by atoms with E-state index in [1.165, 1.54) is 33.0 Å². The van der Waals surface area contributed by atoms with Crippen LogP contribution in [0.3, 0.4) is 0 Å². The highest BCUT2D eigenvalue weighted by molar-refractivity contribution is 6.21. The summed E-state index contributed by atoms with van der Waals surface area (Å²) in [6.45, 7) is 0. The molecule has 2 aromatic heterocycles. The van der Waals surface area contributed by atoms with Crippen LogP contribution in [0.2, 0.25) is 0 Å². The van der Waals surface area contributed by atoms with Crippen molar-refractivity contribution in [1.29, 1.82) is 0 Å². The molecule has 0 aliphatic heterocycles. The second kappa shape index (κ2) is 15.0. The largest absolute Gasteiger partial charge is 0.310 e. The number of benzene rings is 9. The summed E-state index contributed by atoms with van der Waals surface area (Å²) >= 11 is 0. The van der Waals surface area contributed by atoms with Crippen LogP contribution in [-0.4, -0.2) is 19.5 Å². The first kappa shape index (κ1) is 35.0. The molecule has 0 bridgehead atoms. The maximum absolute atomic E-state index is 5.25. The molecule has 0 atom stereocenters. The minimum atomic E-state index is 0.557. The van der Waals surface area contributed by atoms with Crippen molar-refractivity contribution in [2.75, 3.05) is 4.90 Å². The van der Waals surface area contributed by atoms with Gasteiger partial charge in [0.15, 0.2) is 11.6 Å². The first-order valence-electron chi connectivity index (χ1n) is 20.2. The number of anilines is 3. The average molecular weight is 768 g/mol. The van der Waals surface area contributed by atoms with Crippen LogP contribution < -0.4 is 4.90 Å². The molecule has 0 aliphatic carbocycles. The lowest BCUT2D eigenvalue weighted by atomic mass is 10.0. The Morgan fingerprint density at radius 1 is 0.317 bits per heavy atom. The van der Waals surface area contributed by atoms with Crippen molar-refractivity contribution in [3.8, 4) is 51.0 Å². The first-order chi connectivity index (χ1) is 29.7. The van der Waals surface area contributed by atoms with Crippen molar-refractivity contribution in [2.24, 2.45) is 0 Å². The minimum absolute atomic E-state index is 0.557. The van der Waals surface area contributed by atoms with E-state index >= 15 is 0 Å². The van der Waals surface area contributed by atoms with E-state index in [4.69, 9.17) is 15.0 Å². The molecule has 5 heteroatoms. The summed E-state index contributed by atoms with van der Waals surface area (Å²) in [5, 5.41) is 4.63. The number of rotatable bonds is 8. The van der Waals surface area contributed by atoms with Gasteiger partial charge in [-0.3, -0.25) is 4.57 Å². The SMILES string of the molecule is c1ccc(-c2ccc(N(c3ccc(-c4ccccc4)cc3)c3ccc4c5c6ccccc6ccc5n(-c5nc(-c6ccccc6)nc(-c6ccccc6)n5)c4c3)cc2)cc1. The normalized spacial score (nSPS) is 11.3. The van der Waals surface area contributed by atoms with Crippen LogP contribution in [0.25, 0.3) is 83.6 Å². The molecule has 0 N–H and O–H groups in total. The Kier molecular flexibility index (Phi) is 8.75. The maximum atomic E-state index is 5.25. The summed E-state index contributed by atoms with van der Waals surface area (Å²) in [7, 11) is 0. The van der Waals surface area contributed by atoms with Gasteiger partial charge in [0.25, 0.3) is 0 Å². The fourth-order valence-electron chi connectivity index (χ4n) is 8.34. The fourth-order valence-corrected chi connectivity index (χ4v) is 8.34. The van der Waals surface area contributed by atoms with Crippen LogP contribution in [0.5, 0.6) is 0 Å². The molecule has 9 aromatic carbocycles. The third kappa shape index (κ3) is 6.35. The summed E-state index contributed by atoms with van der Waals surface area (Å²) in [4.78, 5) is 17.9. The van der Waals surface area contributed by atoms with Crippen LogP contribution >= 0.6 is 0 Å². The molecule has 0 amide bonds. The van der Waals surface area contributed by atoms with Crippen LogP contribution in [0.4, 0.5) is 17.1 Å². The summed E-state index contributed by atoms with van der Waals surface area (Å²) in [5.74, 6) is 1.79. The van der Waals surface area contributed by atoms with E-state index < -0.39 is 0 Å². The molecular weight excluding hydrogens is 731 g/mol. The van der Waals surface area contributed by atoms with Gasteiger partial charge >= 0.3 is 0 Å². The van der Waals surface area contributed by atoms with Gasteiger partial charge in [-0.25, -0.2) is 4.98 Å². The lowest BCUT2D eigenvalue weighted by molar-refractivity contribution is 0.953. The smallest absolute Gasteiger partial charge is 0.238 e. The summed E-state index contributed by atoms with van der Waals surface area (Å²) in [6, 6.07) is 78.8. The molecule has 0 saturated heterocycles. The predicted molar refractivity (Wildman–Crippen MR) is 248 cm³/mol. The maximum Gasteiger partial charge on any atom is 0.238 e. The Balaban J connectivity index is 1.16. The number of fused-ring (bicyclic) bond motifs is 5. The summed E-state index contributed by atoms with van der Waals surface area (Å²) in [6.07, 6.45) is 0. The fraction of sp³-hybridized carbons (Fsp3) is 0. The van der Waals surface area contributed by atoms with E-state index in [1.54, 1.807) is 0 Å². The van der Waals surface area contributed by atoms with Crippen LogP contribution in [0.1, 0.15) is 0 Å². The van der Waals surface area contributed by atoms with Gasteiger partial charge in [0, 0.05) is 39.0 Å². The molecule has 0 spiro atoms. The van der Waals surface area contributed by atoms with Gasteiger partial charge in [-0.15, -0.1) is 0 Å². The molecule has 0 fully saturated rings. The standard InChI is InChI=1S/C55H37N5/c1-5-15-38(16-6-1)40-25-30-45(31-26-40)59(46-32-27-41(28-33-46)39-17-7-2-8-18-39)47-34-35-49-51(37-47)60(50-36-29-42-19-13-14-24-48(42)52(49)50)55-57-53(43-20-9-3-10-21-43)56-54(58-55)44-22-11-4-12-23-44/h1-37H. The molecule has 11 aromatic rings. The van der Waals surface area contributed by atoms with Gasteiger partial charge in [-0.05, 0) is 75.5 Å². The van der Waals surface area contributed by atoms with Crippen LogP contribution in [0, 0.1) is 0 Å². The zero-order chi connectivity index (χ0) is 39.8. The highest BCUT2D eigenvalue weighted by Gasteiger charge is 2.22. The van der Waals surface area contributed by atoms with Gasteiger partial charge in [0.1, 0.15) is 0 Å². The van der Waals surface area contributed by atoms with E-state index in [2.05, 4.69) is 198 Å². The van der Waals surface area contributed by atoms with Gasteiger partial charge < -0.3 is 4.90 Å². The Labute approximate surface area is 348 Å². The highest BCUT2D eigenvalue weighted by Crippen LogP contribution is 2.42. The van der Waals surface area contributed by atoms with E-state index in [9.17, 15) is 0 Å². The van der Waals surface area contributed by atoms with E-state index in [0.29, 0.717) is 17.6 Å². The molecule has 2 heterocycles. The molecule has 0 saturated carbocycles. The van der Waals surface area contributed by atoms with Crippen LogP contribution in [-0.2, 0) is 0 Å². The van der Waals surface area contributed by atoms with Crippen molar-refractivity contribution in [3.05, 3.63) is 224 Å². The number of aromatic nitrogens is 4. The molecule has 60 heavy (non-hydrogen) atoms.